The Kier molecular flexibility index (Phi) is 4.12. The van der Waals surface area contributed by atoms with Crippen LogP contribution >= 0.6 is 11.6 Å². The third kappa shape index (κ3) is 3.28. The zero-order chi connectivity index (χ0) is 14.0. The van der Waals surface area contributed by atoms with Gasteiger partial charge in [-0.2, -0.15) is 0 Å². The predicted octanol–water partition coefficient (Wildman–Crippen LogP) is 4.00. The molecule has 1 unspecified atom stereocenters. The molecule has 1 atom stereocenters. The third-order valence-corrected chi connectivity index (χ3v) is 3.16. The van der Waals surface area contributed by atoms with Gasteiger partial charge in [-0.15, -0.1) is 0 Å². The van der Waals surface area contributed by atoms with E-state index in [9.17, 15) is 13.2 Å². The summed E-state index contributed by atoms with van der Waals surface area (Å²) in [5.74, 6) is -1.59. The zero-order valence-electron chi connectivity index (χ0n) is 9.84. The Labute approximate surface area is 113 Å². The van der Waals surface area contributed by atoms with Crippen molar-refractivity contribution in [2.24, 2.45) is 5.73 Å². The van der Waals surface area contributed by atoms with Crippen LogP contribution in [0.4, 0.5) is 13.2 Å². The molecule has 0 bridgehead atoms. The SMILES string of the molecule is NC(Cc1ccc(F)cc1Cl)c1cc(F)ccc1F. The predicted molar refractivity (Wildman–Crippen MR) is 68.4 cm³/mol. The average Bonchev–Trinajstić information content (AvgIpc) is 2.35. The highest BCUT2D eigenvalue weighted by Crippen LogP contribution is 2.24. The smallest absolute Gasteiger partial charge is 0.128 e. The summed E-state index contributed by atoms with van der Waals surface area (Å²) < 4.78 is 39.5. The molecule has 0 saturated carbocycles. The highest BCUT2D eigenvalue weighted by atomic mass is 35.5. The summed E-state index contributed by atoms with van der Waals surface area (Å²) in [7, 11) is 0. The van der Waals surface area contributed by atoms with Crippen molar-refractivity contribution in [1.29, 1.82) is 0 Å². The molecule has 0 aromatic heterocycles. The van der Waals surface area contributed by atoms with E-state index in [1.807, 2.05) is 0 Å². The summed E-state index contributed by atoms with van der Waals surface area (Å²) in [6.45, 7) is 0. The Morgan fingerprint density at radius 1 is 1.00 bits per heavy atom. The fourth-order valence-electron chi connectivity index (χ4n) is 1.83. The summed E-state index contributed by atoms with van der Waals surface area (Å²) in [6.07, 6.45) is 0.194. The van der Waals surface area contributed by atoms with Gasteiger partial charge in [0.2, 0.25) is 0 Å². The molecular weight excluding hydrogens is 275 g/mol. The topological polar surface area (TPSA) is 26.0 Å². The lowest BCUT2D eigenvalue weighted by molar-refractivity contribution is 0.560. The van der Waals surface area contributed by atoms with Crippen molar-refractivity contribution in [3.63, 3.8) is 0 Å². The molecule has 0 heterocycles. The molecule has 0 aliphatic heterocycles. The number of halogens is 4. The van der Waals surface area contributed by atoms with Crippen molar-refractivity contribution in [3.05, 3.63) is 70.0 Å². The van der Waals surface area contributed by atoms with Crippen LogP contribution in [0, 0.1) is 17.5 Å². The first-order valence-electron chi connectivity index (χ1n) is 5.62. The van der Waals surface area contributed by atoms with Crippen LogP contribution in [0.1, 0.15) is 17.2 Å². The van der Waals surface area contributed by atoms with Gasteiger partial charge < -0.3 is 5.73 Å². The van der Waals surface area contributed by atoms with Crippen molar-refractivity contribution < 1.29 is 13.2 Å². The van der Waals surface area contributed by atoms with Crippen molar-refractivity contribution in [2.75, 3.05) is 0 Å². The molecular formula is C14H11ClF3N. The number of hydrogen-bond donors (Lipinski definition) is 1. The van der Waals surface area contributed by atoms with Gasteiger partial charge in [-0.3, -0.25) is 0 Å². The standard InChI is InChI=1S/C14H11ClF3N/c15-12-7-10(17)2-1-8(12)5-14(19)11-6-9(16)3-4-13(11)18/h1-4,6-7,14H,5,19H2. The Morgan fingerprint density at radius 3 is 2.32 bits per heavy atom. The van der Waals surface area contributed by atoms with Crippen molar-refractivity contribution >= 4 is 11.6 Å². The first kappa shape index (κ1) is 13.9. The zero-order valence-corrected chi connectivity index (χ0v) is 10.6. The van der Waals surface area contributed by atoms with Gasteiger partial charge in [0.1, 0.15) is 17.5 Å². The molecule has 100 valence electrons. The second kappa shape index (κ2) is 5.63. The van der Waals surface area contributed by atoms with Gasteiger partial charge in [-0.1, -0.05) is 17.7 Å². The van der Waals surface area contributed by atoms with E-state index in [2.05, 4.69) is 0 Å². The minimum atomic E-state index is -0.751. The van der Waals surface area contributed by atoms with Crippen LogP contribution in [0.5, 0.6) is 0 Å². The van der Waals surface area contributed by atoms with Gasteiger partial charge in [0.05, 0.1) is 0 Å². The quantitative estimate of drug-likeness (QED) is 0.906. The molecule has 5 heteroatoms. The largest absolute Gasteiger partial charge is 0.324 e. The maximum atomic E-state index is 13.5. The molecule has 2 aromatic rings. The van der Waals surface area contributed by atoms with E-state index in [1.165, 1.54) is 12.1 Å². The molecule has 19 heavy (non-hydrogen) atoms. The van der Waals surface area contributed by atoms with Crippen molar-refractivity contribution in [2.45, 2.75) is 12.5 Å². The summed E-state index contributed by atoms with van der Waals surface area (Å²) >= 11 is 5.87. The van der Waals surface area contributed by atoms with Crippen LogP contribution in [0.3, 0.4) is 0 Å². The fourth-order valence-corrected chi connectivity index (χ4v) is 2.08. The van der Waals surface area contributed by atoms with E-state index in [-0.39, 0.29) is 17.0 Å². The third-order valence-electron chi connectivity index (χ3n) is 2.81. The monoisotopic (exact) mass is 285 g/mol. The molecule has 0 amide bonds. The highest BCUT2D eigenvalue weighted by molar-refractivity contribution is 6.31. The van der Waals surface area contributed by atoms with Crippen LogP contribution in [0.15, 0.2) is 36.4 Å². The van der Waals surface area contributed by atoms with Crippen LogP contribution in [-0.4, -0.2) is 0 Å². The van der Waals surface area contributed by atoms with Gasteiger partial charge in [0.25, 0.3) is 0 Å². The molecule has 0 saturated heterocycles. The normalized spacial score (nSPS) is 12.5. The first-order chi connectivity index (χ1) is 8.97. The van der Waals surface area contributed by atoms with Crippen molar-refractivity contribution in [3.8, 4) is 0 Å². The minimum absolute atomic E-state index is 0.0698. The van der Waals surface area contributed by atoms with E-state index in [0.29, 0.717) is 5.56 Å². The Morgan fingerprint density at radius 2 is 1.63 bits per heavy atom. The molecule has 2 rings (SSSR count). The molecule has 1 nitrogen and oxygen atoms in total. The van der Waals surface area contributed by atoms with E-state index >= 15 is 0 Å². The van der Waals surface area contributed by atoms with E-state index in [0.717, 1.165) is 24.3 Å². The second-order valence-electron chi connectivity index (χ2n) is 4.21. The number of rotatable bonds is 3. The number of nitrogens with two attached hydrogens (primary N) is 1. The first-order valence-corrected chi connectivity index (χ1v) is 5.99. The van der Waals surface area contributed by atoms with Crippen LogP contribution in [0.25, 0.3) is 0 Å². The van der Waals surface area contributed by atoms with E-state index in [1.54, 1.807) is 0 Å². The summed E-state index contributed by atoms with van der Waals surface area (Å²) in [4.78, 5) is 0. The number of hydrogen-bond acceptors (Lipinski definition) is 1. The highest BCUT2D eigenvalue weighted by Gasteiger charge is 2.15. The average molecular weight is 286 g/mol. The molecule has 2 N–H and O–H groups in total. The lowest BCUT2D eigenvalue weighted by atomic mass is 9.99. The van der Waals surface area contributed by atoms with Crippen LogP contribution in [-0.2, 0) is 6.42 Å². The lowest BCUT2D eigenvalue weighted by Crippen LogP contribution is -2.15. The number of benzene rings is 2. The molecule has 0 aliphatic rings. The molecule has 0 aliphatic carbocycles. The molecule has 0 spiro atoms. The summed E-state index contributed by atoms with van der Waals surface area (Å²) in [5, 5.41) is 0.215. The fraction of sp³-hybridized carbons (Fsp3) is 0.143. The Hall–Kier alpha value is -1.52. The molecule has 2 aromatic carbocycles. The van der Waals surface area contributed by atoms with Gasteiger partial charge in [0.15, 0.2) is 0 Å². The van der Waals surface area contributed by atoms with Crippen molar-refractivity contribution in [1.82, 2.24) is 0 Å². The molecule has 0 radical (unpaired) electrons. The van der Waals surface area contributed by atoms with Crippen LogP contribution in [0.2, 0.25) is 5.02 Å². The lowest BCUT2D eigenvalue weighted by Gasteiger charge is -2.14. The minimum Gasteiger partial charge on any atom is -0.324 e. The van der Waals surface area contributed by atoms with Crippen LogP contribution < -0.4 is 5.73 Å². The van der Waals surface area contributed by atoms with Gasteiger partial charge in [0, 0.05) is 16.6 Å². The van der Waals surface area contributed by atoms with Gasteiger partial charge in [-0.05, 0) is 42.3 Å². The van der Waals surface area contributed by atoms with Gasteiger partial charge >= 0.3 is 0 Å². The summed E-state index contributed by atoms with van der Waals surface area (Å²) in [6, 6.07) is 6.24. The molecule has 0 fully saturated rings. The maximum absolute atomic E-state index is 13.5. The van der Waals surface area contributed by atoms with E-state index in [4.69, 9.17) is 17.3 Å². The Bertz CT molecular complexity index is 601. The summed E-state index contributed by atoms with van der Waals surface area (Å²) in [5.41, 5.74) is 6.50. The second-order valence-corrected chi connectivity index (χ2v) is 4.62. The van der Waals surface area contributed by atoms with Gasteiger partial charge in [-0.25, -0.2) is 13.2 Å². The van der Waals surface area contributed by atoms with E-state index < -0.39 is 23.5 Å². The Balaban J connectivity index is 2.25. The maximum Gasteiger partial charge on any atom is 0.128 e.